The SMILES string of the molecule is CCCc1c(C(=O)N2CCN(c3ccccc3C)CC2)cnc2cc(-c3ccccc3)nn12. The molecule has 168 valence electrons. The average Bonchev–Trinajstić information content (AvgIpc) is 3.30. The molecule has 0 bridgehead atoms. The van der Waals surface area contributed by atoms with Crippen LogP contribution in [0.5, 0.6) is 0 Å². The normalized spacial score (nSPS) is 14.1. The van der Waals surface area contributed by atoms with Crippen LogP contribution in [0.3, 0.4) is 0 Å². The Balaban J connectivity index is 1.41. The van der Waals surface area contributed by atoms with Crippen molar-refractivity contribution in [2.24, 2.45) is 0 Å². The molecule has 0 radical (unpaired) electrons. The van der Waals surface area contributed by atoms with Crippen molar-refractivity contribution in [3.05, 3.63) is 83.7 Å². The molecule has 1 saturated heterocycles. The average molecular weight is 440 g/mol. The van der Waals surface area contributed by atoms with Crippen LogP contribution in [-0.2, 0) is 6.42 Å². The Labute approximate surface area is 194 Å². The maximum atomic E-state index is 13.6. The number of carbonyl (C=O) groups excluding carboxylic acids is 1. The first-order valence-electron chi connectivity index (χ1n) is 11.7. The first kappa shape index (κ1) is 21.2. The van der Waals surface area contributed by atoms with Gasteiger partial charge in [-0.15, -0.1) is 0 Å². The van der Waals surface area contributed by atoms with Gasteiger partial charge in [0.05, 0.1) is 17.0 Å². The Morgan fingerprint density at radius 3 is 2.42 bits per heavy atom. The summed E-state index contributed by atoms with van der Waals surface area (Å²) in [4.78, 5) is 22.5. The number of anilines is 1. The van der Waals surface area contributed by atoms with E-state index in [9.17, 15) is 4.79 Å². The van der Waals surface area contributed by atoms with Crippen LogP contribution in [0.2, 0.25) is 0 Å². The van der Waals surface area contributed by atoms with Gasteiger partial charge in [-0.1, -0.05) is 61.9 Å². The van der Waals surface area contributed by atoms with Crippen molar-refractivity contribution in [2.75, 3.05) is 31.1 Å². The Hall–Kier alpha value is -3.67. The molecule has 6 nitrogen and oxygen atoms in total. The van der Waals surface area contributed by atoms with Crippen molar-refractivity contribution in [3.63, 3.8) is 0 Å². The van der Waals surface area contributed by atoms with Crippen molar-refractivity contribution in [1.82, 2.24) is 19.5 Å². The fourth-order valence-corrected chi connectivity index (χ4v) is 4.63. The number of piperazine rings is 1. The summed E-state index contributed by atoms with van der Waals surface area (Å²) in [5, 5.41) is 4.83. The van der Waals surface area contributed by atoms with Gasteiger partial charge in [-0.2, -0.15) is 5.10 Å². The van der Waals surface area contributed by atoms with Crippen molar-refractivity contribution in [3.8, 4) is 11.3 Å². The minimum atomic E-state index is 0.0500. The molecule has 3 heterocycles. The van der Waals surface area contributed by atoms with E-state index in [1.54, 1.807) is 6.20 Å². The predicted octanol–water partition coefficient (Wildman–Crippen LogP) is 4.62. The Morgan fingerprint density at radius 2 is 1.70 bits per heavy atom. The molecule has 1 fully saturated rings. The van der Waals surface area contributed by atoms with E-state index in [1.165, 1.54) is 11.3 Å². The van der Waals surface area contributed by atoms with E-state index in [1.807, 2.05) is 45.8 Å². The third-order valence-electron chi connectivity index (χ3n) is 6.39. The number of aromatic nitrogens is 3. The van der Waals surface area contributed by atoms with Crippen LogP contribution in [0.1, 0.15) is 35.0 Å². The zero-order valence-corrected chi connectivity index (χ0v) is 19.2. The molecule has 0 aliphatic carbocycles. The number of hydrogen-bond donors (Lipinski definition) is 0. The van der Waals surface area contributed by atoms with Gasteiger partial charge in [0.2, 0.25) is 0 Å². The maximum absolute atomic E-state index is 13.6. The topological polar surface area (TPSA) is 53.7 Å². The third kappa shape index (κ3) is 4.09. The molecule has 0 N–H and O–H groups in total. The first-order chi connectivity index (χ1) is 16.2. The fourth-order valence-electron chi connectivity index (χ4n) is 4.63. The lowest BCUT2D eigenvalue weighted by Crippen LogP contribution is -2.49. The van der Waals surface area contributed by atoms with Gasteiger partial charge in [0.25, 0.3) is 5.91 Å². The summed E-state index contributed by atoms with van der Waals surface area (Å²) in [6, 6.07) is 20.5. The number of carbonyl (C=O) groups is 1. The van der Waals surface area contributed by atoms with Gasteiger partial charge in [-0.05, 0) is 25.0 Å². The zero-order chi connectivity index (χ0) is 22.8. The number of benzene rings is 2. The molecule has 6 heteroatoms. The van der Waals surface area contributed by atoms with Crippen molar-refractivity contribution in [2.45, 2.75) is 26.7 Å². The van der Waals surface area contributed by atoms with Gasteiger partial charge >= 0.3 is 0 Å². The Bertz CT molecular complexity index is 1270. The number of rotatable bonds is 5. The summed E-state index contributed by atoms with van der Waals surface area (Å²) in [6.07, 6.45) is 3.45. The lowest BCUT2D eigenvalue weighted by molar-refractivity contribution is 0.0744. The molecule has 0 spiro atoms. The quantitative estimate of drug-likeness (QED) is 0.455. The first-order valence-corrected chi connectivity index (χ1v) is 11.7. The molecular formula is C27H29N5O. The van der Waals surface area contributed by atoms with Crippen LogP contribution in [0.25, 0.3) is 16.9 Å². The highest BCUT2D eigenvalue weighted by Gasteiger charge is 2.26. The number of hydrogen-bond acceptors (Lipinski definition) is 4. The van der Waals surface area contributed by atoms with E-state index in [-0.39, 0.29) is 5.91 Å². The van der Waals surface area contributed by atoms with E-state index in [4.69, 9.17) is 5.10 Å². The molecule has 2 aromatic carbocycles. The molecule has 4 aromatic rings. The number of nitrogens with zero attached hydrogens (tertiary/aromatic N) is 5. The smallest absolute Gasteiger partial charge is 0.257 e. The van der Waals surface area contributed by atoms with Gasteiger partial charge in [-0.3, -0.25) is 4.79 Å². The van der Waals surface area contributed by atoms with E-state index in [0.29, 0.717) is 18.7 Å². The van der Waals surface area contributed by atoms with Gasteiger partial charge in [0.15, 0.2) is 5.65 Å². The standard InChI is InChI=1S/C27H29N5O/c1-3-9-25-22(19-28-26-18-23(29-32(25)26)21-11-5-4-6-12-21)27(33)31-16-14-30(15-17-31)24-13-8-7-10-20(24)2/h4-8,10-13,18-19H,3,9,14-17H2,1-2H3. The summed E-state index contributed by atoms with van der Waals surface area (Å²) in [5.41, 5.74) is 6.82. The fraction of sp³-hybridized carbons (Fsp3) is 0.296. The summed E-state index contributed by atoms with van der Waals surface area (Å²) in [5.74, 6) is 0.0500. The van der Waals surface area contributed by atoms with Crippen LogP contribution in [0.4, 0.5) is 5.69 Å². The molecule has 1 aliphatic rings. The van der Waals surface area contributed by atoms with E-state index in [0.717, 1.165) is 48.5 Å². The third-order valence-corrected chi connectivity index (χ3v) is 6.39. The summed E-state index contributed by atoms with van der Waals surface area (Å²) < 4.78 is 1.86. The van der Waals surface area contributed by atoms with Crippen molar-refractivity contribution < 1.29 is 4.79 Å². The molecule has 0 saturated carbocycles. The Morgan fingerprint density at radius 1 is 0.970 bits per heavy atom. The molecular weight excluding hydrogens is 410 g/mol. The molecule has 5 rings (SSSR count). The van der Waals surface area contributed by atoms with Crippen LogP contribution >= 0.6 is 0 Å². The summed E-state index contributed by atoms with van der Waals surface area (Å²) in [6.45, 7) is 7.32. The predicted molar refractivity (Wildman–Crippen MR) is 132 cm³/mol. The van der Waals surface area contributed by atoms with Gasteiger partial charge in [0.1, 0.15) is 0 Å². The highest BCUT2D eigenvalue weighted by Crippen LogP contribution is 2.24. The zero-order valence-electron chi connectivity index (χ0n) is 19.2. The lowest BCUT2D eigenvalue weighted by atomic mass is 10.1. The number of fused-ring (bicyclic) bond motifs is 1. The van der Waals surface area contributed by atoms with Gasteiger partial charge < -0.3 is 9.80 Å². The van der Waals surface area contributed by atoms with Crippen LogP contribution in [-0.4, -0.2) is 51.6 Å². The number of para-hydroxylation sites is 1. The van der Waals surface area contributed by atoms with E-state index >= 15 is 0 Å². The second-order valence-corrected chi connectivity index (χ2v) is 8.60. The van der Waals surface area contributed by atoms with E-state index in [2.05, 4.69) is 48.0 Å². The number of aryl methyl sites for hydroxylation is 2. The van der Waals surface area contributed by atoms with Crippen molar-refractivity contribution >= 4 is 17.2 Å². The minimum Gasteiger partial charge on any atom is -0.368 e. The molecule has 1 amide bonds. The Kier molecular flexibility index (Phi) is 5.82. The highest BCUT2D eigenvalue weighted by molar-refractivity contribution is 5.95. The molecule has 1 aliphatic heterocycles. The monoisotopic (exact) mass is 439 g/mol. The summed E-state index contributed by atoms with van der Waals surface area (Å²) >= 11 is 0. The lowest BCUT2D eigenvalue weighted by Gasteiger charge is -2.37. The van der Waals surface area contributed by atoms with Crippen LogP contribution in [0.15, 0.2) is 66.9 Å². The molecule has 0 atom stereocenters. The van der Waals surface area contributed by atoms with Crippen LogP contribution in [0, 0.1) is 6.92 Å². The van der Waals surface area contributed by atoms with Gasteiger partial charge in [0, 0.05) is 49.7 Å². The largest absolute Gasteiger partial charge is 0.368 e. The second-order valence-electron chi connectivity index (χ2n) is 8.60. The molecule has 2 aromatic heterocycles. The van der Waals surface area contributed by atoms with Crippen molar-refractivity contribution in [1.29, 1.82) is 0 Å². The molecule has 33 heavy (non-hydrogen) atoms. The van der Waals surface area contributed by atoms with E-state index < -0.39 is 0 Å². The second kappa shape index (κ2) is 9.06. The van der Waals surface area contributed by atoms with Crippen LogP contribution < -0.4 is 4.90 Å². The van der Waals surface area contributed by atoms with Gasteiger partial charge in [-0.25, -0.2) is 9.50 Å². The molecule has 0 unspecified atom stereocenters. The minimum absolute atomic E-state index is 0.0500. The highest BCUT2D eigenvalue weighted by atomic mass is 16.2. The maximum Gasteiger partial charge on any atom is 0.257 e. The summed E-state index contributed by atoms with van der Waals surface area (Å²) in [7, 11) is 0. The number of amides is 1.